The van der Waals surface area contributed by atoms with Crippen LogP contribution in [-0.2, 0) is 10.0 Å². The van der Waals surface area contributed by atoms with Gasteiger partial charge >= 0.3 is 0 Å². The van der Waals surface area contributed by atoms with Gasteiger partial charge in [0, 0.05) is 11.8 Å². The summed E-state index contributed by atoms with van der Waals surface area (Å²) in [5.74, 6) is 2.23. The second-order valence-electron chi connectivity index (χ2n) is 6.45. The summed E-state index contributed by atoms with van der Waals surface area (Å²) in [6.07, 6.45) is 9.55. The number of nitrogens with zero attached hydrogens (tertiary/aromatic N) is 4. The molecule has 0 radical (unpaired) electrons. The van der Waals surface area contributed by atoms with E-state index in [0.29, 0.717) is 33.0 Å². The molecule has 0 unspecified atom stereocenters. The molecule has 1 aromatic carbocycles. The van der Waals surface area contributed by atoms with E-state index < -0.39 is 10.0 Å². The Kier molecular flexibility index (Phi) is 5.11. The minimum Gasteiger partial charge on any atom is -0.287 e. The number of fused-ring (bicyclic) bond motifs is 1. The van der Waals surface area contributed by atoms with Crippen LogP contribution in [0.5, 0.6) is 0 Å². The lowest BCUT2D eigenvalue weighted by atomic mass is 10.1. The van der Waals surface area contributed by atoms with E-state index >= 15 is 0 Å². The molecule has 4 rings (SSSR count). The number of carbonyl (C=O) groups is 1. The highest BCUT2D eigenvalue weighted by molar-refractivity contribution is 7.92. The number of carbonyl (C=O) groups excluding carboxylic acids is 1. The van der Waals surface area contributed by atoms with E-state index in [2.05, 4.69) is 16.0 Å². The Morgan fingerprint density at radius 2 is 2.10 bits per heavy atom. The molecule has 0 spiro atoms. The fourth-order valence-electron chi connectivity index (χ4n) is 3.11. The van der Waals surface area contributed by atoms with Crippen molar-refractivity contribution in [2.75, 3.05) is 17.1 Å². The third-order valence-corrected chi connectivity index (χ3v) is 6.47. The summed E-state index contributed by atoms with van der Waals surface area (Å²) >= 11 is 1.36. The second-order valence-corrected chi connectivity index (χ2v) is 9.31. The van der Waals surface area contributed by atoms with Crippen LogP contribution < -0.4 is 4.31 Å². The summed E-state index contributed by atoms with van der Waals surface area (Å²) in [4.78, 5) is 17.7. The first kappa shape index (κ1) is 19.8. The summed E-state index contributed by atoms with van der Waals surface area (Å²) in [5, 5.41) is 6.20. The molecule has 0 aliphatic rings. The predicted molar refractivity (Wildman–Crippen MR) is 117 cm³/mol. The van der Waals surface area contributed by atoms with Gasteiger partial charge in [0.1, 0.15) is 0 Å². The standard InChI is InChI=1S/C21H16N4O3S2/c1-3-11-24(30(2,27)28)16-7-4-6-15(13-16)18-9-10-22-21-17(14-23-25(18)21)20(26)19-8-5-12-29-19/h1,4-10,12-14H,11H2,2H3. The van der Waals surface area contributed by atoms with Gasteiger partial charge in [-0.05, 0) is 29.6 Å². The van der Waals surface area contributed by atoms with Crippen molar-refractivity contribution in [2.24, 2.45) is 0 Å². The Morgan fingerprint density at radius 1 is 1.27 bits per heavy atom. The van der Waals surface area contributed by atoms with Crippen LogP contribution in [-0.4, -0.2) is 41.6 Å². The highest BCUT2D eigenvalue weighted by Gasteiger charge is 2.20. The molecule has 0 atom stereocenters. The normalized spacial score (nSPS) is 11.3. The quantitative estimate of drug-likeness (QED) is 0.343. The molecule has 0 aliphatic carbocycles. The lowest BCUT2D eigenvalue weighted by Crippen LogP contribution is -2.30. The Labute approximate surface area is 177 Å². The van der Waals surface area contributed by atoms with E-state index in [4.69, 9.17) is 6.42 Å². The fourth-order valence-corrected chi connectivity index (χ4v) is 4.60. The third-order valence-electron chi connectivity index (χ3n) is 4.46. The number of sulfonamides is 1. The van der Waals surface area contributed by atoms with Crippen molar-refractivity contribution < 1.29 is 13.2 Å². The highest BCUT2D eigenvalue weighted by atomic mass is 32.2. The third kappa shape index (κ3) is 3.58. The van der Waals surface area contributed by atoms with Crippen LogP contribution in [0.15, 0.2) is 60.2 Å². The summed E-state index contributed by atoms with van der Waals surface area (Å²) in [6.45, 7) is -0.0741. The summed E-state index contributed by atoms with van der Waals surface area (Å²) in [5.41, 5.74) is 2.66. The van der Waals surface area contributed by atoms with Gasteiger partial charge in [-0.15, -0.1) is 17.8 Å². The number of thiophene rings is 1. The van der Waals surface area contributed by atoms with E-state index in [0.717, 1.165) is 10.6 Å². The van der Waals surface area contributed by atoms with Gasteiger partial charge in [-0.1, -0.05) is 24.1 Å². The molecule has 7 nitrogen and oxygen atoms in total. The summed E-state index contributed by atoms with van der Waals surface area (Å²) in [6, 6.07) is 12.3. The van der Waals surface area contributed by atoms with Crippen molar-refractivity contribution in [1.82, 2.24) is 14.6 Å². The molecular weight excluding hydrogens is 420 g/mol. The Balaban J connectivity index is 1.82. The van der Waals surface area contributed by atoms with Gasteiger partial charge in [-0.2, -0.15) is 5.10 Å². The van der Waals surface area contributed by atoms with Crippen LogP contribution in [0.1, 0.15) is 15.2 Å². The number of benzene rings is 1. The minimum absolute atomic E-state index is 0.0741. The number of terminal acetylenes is 1. The molecule has 4 aromatic rings. The number of ketones is 1. The summed E-state index contributed by atoms with van der Waals surface area (Å²) < 4.78 is 27.0. The Morgan fingerprint density at radius 3 is 2.80 bits per heavy atom. The van der Waals surface area contributed by atoms with Crippen molar-refractivity contribution in [3.05, 3.63) is 70.7 Å². The monoisotopic (exact) mass is 436 g/mol. The molecule has 0 saturated carbocycles. The second kappa shape index (κ2) is 7.74. The highest BCUT2D eigenvalue weighted by Crippen LogP contribution is 2.27. The number of aromatic nitrogens is 3. The van der Waals surface area contributed by atoms with Crippen LogP contribution in [0.4, 0.5) is 5.69 Å². The molecule has 30 heavy (non-hydrogen) atoms. The predicted octanol–water partition coefficient (Wildman–Crippen LogP) is 3.09. The smallest absolute Gasteiger partial charge is 0.233 e. The SMILES string of the molecule is C#CCN(c1cccc(-c2ccnc3c(C(=O)c4cccs4)cnn23)c1)S(C)(=O)=O. The average molecular weight is 437 g/mol. The zero-order chi connectivity index (χ0) is 21.3. The van der Waals surface area contributed by atoms with Gasteiger partial charge in [-0.3, -0.25) is 9.10 Å². The first-order valence-electron chi connectivity index (χ1n) is 8.82. The zero-order valence-corrected chi connectivity index (χ0v) is 17.5. The molecule has 0 aliphatic heterocycles. The largest absolute Gasteiger partial charge is 0.287 e. The number of hydrogen-bond acceptors (Lipinski definition) is 6. The molecule has 0 amide bonds. The van der Waals surface area contributed by atoms with Gasteiger partial charge in [0.2, 0.25) is 15.8 Å². The van der Waals surface area contributed by atoms with Gasteiger partial charge in [-0.25, -0.2) is 17.9 Å². The van der Waals surface area contributed by atoms with Crippen LogP contribution >= 0.6 is 11.3 Å². The van der Waals surface area contributed by atoms with Crippen molar-refractivity contribution in [1.29, 1.82) is 0 Å². The minimum atomic E-state index is -3.54. The van der Waals surface area contributed by atoms with Gasteiger partial charge < -0.3 is 0 Å². The lowest BCUT2D eigenvalue weighted by Gasteiger charge is -2.20. The molecule has 0 bridgehead atoms. The van der Waals surface area contributed by atoms with E-state index in [1.165, 1.54) is 17.5 Å². The van der Waals surface area contributed by atoms with Gasteiger partial charge in [0.05, 0.1) is 40.8 Å². The molecule has 0 N–H and O–H groups in total. The first-order chi connectivity index (χ1) is 14.4. The molecule has 9 heteroatoms. The molecular formula is C21H16N4O3S2. The van der Waals surface area contributed by atoms with E-state index in [9.17, 15) is 13.2 Å². The molecule has 0 saturated heterocycles. The van der Waals surface area contributed by atoms with Crippen molar-refractivity contribution >= 4 is 38.5 Å². The maximum Gasteiger partial charge on any atom is 0.233 e. The van der Waals surface area contributed by atoms with Crippen LogP contribution in [0.25, 0.3) is 16.9 Å². The Hall–Kier alpha value is -3.48. The average Bonchev–Trinajstić information content (AvgIpc) is 3.40. The van der Waals surface area contributed by atoms with Crippen LogP contribution in [0, 0.1) is 12.3 Å². The fraction of sp³-hybridized carbons (Fsp3) is 0.0952. The van der Waals surface area contributed by atoms with E-state index in [1.807, 2.05) is 17.5 Å². The maximum atomic E-state index is 12.8. The maximum absolute atomic E-state index is 12.8. The lowest BCUT2D eigenvalue weighted by molar-refractivity contribution is 0.104. The van der Waals surface area contributed by atoms with Crippen molar-refractivity contribution in [2.45, 2.75) is 0 Å². The van der Waals surface area contributed by atoms with E-state index in [-0.39, 0.29) is 12.3 Å². The van der Waals surface area contributed by atoms with Gasteiger partial charge in [0.15, 0.2) is 5.65 Å². The summed E-state index contributed by atoms with van der Waals surface area (Å²) in [7, 11) is -3.54. The zero-order valence-electron chi connectivity index (χ0n) is 15.9. The number of anilines is 1. The van der Waals surface area contributed by atoms with Crippen LogP contribution in [0.2, 0.25) is 0 Å². The molecule has 150 valence electrons. The molecule has 3 aromatic heterocycles. The van der Waals surface area contributed by atoms with E-state index in [1.54, 1.807) is 41.0 Å². The molecule has 0 fully saturated rings. The topological polar surface area (TPSA) is 84.6 Å². The number of rotatable bonds is 6. The van der Waals surface area contributed by atoms with Crippen molar-refractivity contribution in [3.8, 4) is 23.6 Å². The Bertz CT molecular complexity index is 1380. The van der Waals surface area contributed by atoms with Gasteiger partial charge in [0.25, 0.3) is 0 Å². The first-order valence-corrected chi connectivity index (χ1v) is 11.6. The van der Waals surface area contributed by atoms with Crippen molar-refractivity contribution in [3.63, 3.8) is 0 Å². The van der Waals surface area contributed by atoms with Crippen LogP contribution in [0.3, 0.4) is 0 Å². The number of hydrogen-bond donors (Lipinski definition) is 0. The molecule has 3 heterocycles.